The van der Waals surface area contributed by atoms with Gasteiger partial charge < -0.3 is 5.32 Å². The molecule has 0 saturated heterocycles. The van der Waals surface area contributed by atoms with Crippen LogP contribution in [0.1, 0.15) is 41.9 Å². The molecule has 110 valence electrons. The summed E-state index contributed by atoms with van der Waals surface area (Å²) in [6, 6.07) is 16.9. The van der Waals surface area contributed by atoms with Crippen LogP contribution in [0.25, 0.3) is 0 Å². The molecule has 0 spiro atoms. The summed E-state index contributed by atoms with van der Waals surface area (Å²) in [7, 11) is 0. The summed E-state index contributed by atoms with van der Waals surface area (Å²) in [5.41, 5.74) is 6.91. The zero-order valence-corrected chi connectivity index (χ0v) is 12.7. The van der Waals surface area contributed by atoms with Crippen molar-refractivity contribution in [2.45, 2.75) is 32.1 Å². The molecule has 1 atom stereocenters. The average molecular weight is 289 g/mol. The van der Waals surface area contributed by atoms with Crippen LogP contribution in [0.3, 0.4) is 0 Å². The lowest BCUT2D eigenvalue weighted by Gasteiger charge is -2.34. The van der Waals surface area contributed by atoms with Gasteiger partial charge in [0.1, 0.15) is 0 Å². The first-order valence-corrected chi connectivity index (χ1v) is 7.93. The second-order valence-corrected chi connectivity index (χ2v) is 6.22. The molecule has 0 aromatic heterocycles. The summed E-state index contributed by atoms with van der Waals surface area (Å²) >= 11 is 0. The van der Waals surface area contributed by atoms with Crippen LogP contribution in [0.4, 0.5) is 5.69 Å². The van der Waals surface area contributed by atoms with Gasteiger partial charge in [-0.15, -0.1) is 0 Å². The minimum Gasteiger partial charge on any atom is -0.358 e. The van der Waals surface area contributed by atoms with E-state index in [4.69, 9.17) is 0 Å². The zero-order chi connectivity index (χ0) is 15.1. The van der Waals surface area contributed by atoms with E-state index in [1.807, 2.05) is 6.07 Å². The molecule has 22 heavy (non-hydrogen) atoms. The van der Waals surface area contributed by atoms with E-state index in [0.717, 1.165) is 29.8 Å². The second-order valence-electron chi connectivity index (χ2n) is 6.22. The lowest BCUT2D eigenvalue weighted by Crippen LogP contribution is -2.26. The Morgan fingerprint density at radius 2 is 1.77 bits per heavy atom. The van der Waals surface area contributed by atoms with Crippen LogP contribution in [0, 0.1) is 6.92 Å². The molecule has 2 aromatic carbocycles. The third-order valence-electron chi connectivity index (χ3n) is 4.71. The van der Waals surface area contributed by atoms with Crippen LogP contribution in [0.2, 0.25) is 0 Å². The normalized spacial score (nSPS) is 20.2. The number of carbonyl (C=O) groups is 1. The standard InChI is InChI=1S/C20H19NO/c1-13-9-11-14(12-10-13)19-15-5-2-3-6-16(15)21-17-7-4-8-18(22)20(17)19/h2-3,5-6,9-12,19,21H,4,7-8H2,1H3. The Kier molecular flexibility index (Phi) is 3.11. The highest BCUT2D eigenvalue weighted by Crippen LogP contribution is 2.44. The monoisotopic (exact) mass is 289 g/mol. The van der Waals surface area contributed by atoms with Crippen LogP contribution in [0.15, 0.2) is 59.8 Å². The van der Waals surface area contributed by atoms with Crippen molar-refractivity contribution in [2.75, 3.05) is 5.32 Å². The van der Waals surface area contributed by atoms with E-state index in [1.54, 1.807) is 0 Å². The molecule has 0 amide bonds. The Hall–Kier alpha value is -2.35. The van der Waals surface area contributed by atoms with Gasteiger partial charge in [-0.25, -0.2) is 0 Å². The van der Waals surface area contributed by atoms with Crippen molar-refractivity contribution in [2.24, 2.45) is 0 Å². The Morgan fingerprint density at radius 1 is 1.00 bits per heavy atom. The number of allylic oxidation sites excluding steroid dienone is 2. The number of nitrogens with one attached hydrogen (secondary N) is 1. The number of Topliss-reactive ketones (excluding diaryl/α,β-unsaturated/α-hetero) is 1. The lowest BCUT2D eigenvalue weighted by atomic mass is 9.75. The Labute approximate surface area is 130 Å². The fourth-order valence-corrected chi connectivity index (χ4v) is 3.61. The first-order valence-electron chi connectivity index (χ1n) is 7.93. The fourth-order valence-electron chi connectivity index (χ4n) is 3.61. The van der Waals surface area contributed by atoms with E-state index in [-0.39, 0.29) is 5.92 Å². The predicted octanol–water partition coefficient (Wildman–Crippen LogP) is 4.56. The van der Waals surface area contributed by atoms with E-state index in [2.05, 4.69) is 54.7 Å². The maximum Gasteiger partial charge on any atom is 0.161 e. The largest absolute Gasteiger partial charge is 0.358 e. The van der Waals surface area contributed by atoms with Crippen LogP contribution in [-0.4, -0.2) is 5.78 Å². The summed E-state index contributed by atoms with van der Waals surface area (Å²) in [6.07, 6.45) is 2.59. The van der Waals surface area contributed by atoms with Crippen molar-refractivity contribution < 1.29 is 4.79 Å². The van der Waals surface area contributed by atoms with Gasteiger partial charge in [-0.05, 0) is 37.0 Å². The van der Waals surface area contributed by atoms with Gasteiger partial charge in [0.25, 0.3) is 0 Å². The molecule has 4 rings (SSSR count). The number of benzene rings is 2. The molecule has 2 heteroatoms. The van der Waals surface area contributed by atoms with Gasteiger partial charge in [-0.1, -0.05) is 48.0 Å². The zero-order valence-electron chi connectivity index (χ0n) is 12.7. The van der Waals surface area contributed by atoms with Gasteiger partial charge in [-0.2, -0.15) is 0 Å². The van der Waals surface area contributed by atoms with Gasteiger partial charge in [0.2, 0.25) is 0 Å². The highest BCUT2D eigenvalue weighted by molar-refractivity contribution is 6.01. The number of ketones is 1. The van der Waals surface area contributed by atoms with Crippen molar-refractivity contribution in [1.82, 2.24) is 0 Å². The second kappa shape index (κ2) is 5.13. The van der Waals surface area contributed by atoms with E-state index >= 15 is 0 Å². The molecular weight excluding hydrogens is 270 g/mol. The molecule has 1 aliphatic heterocycles. The minimum absolute atomic E-state index is 0.0702. The van der Waals surface area contributed by atoms with Crippen molar-refractivity contribution in [3.05, 3.63) is 76.5 Å². The van der Waals surface area contributed by atoms with Crippen molar-refractivity contribution >= 4 is 11.5 Å². The number of hydrogen-bond donors (Lipinski definition) is 1. The van der Waals surface area contributed by atoms with Crippen LogP contribution >= 0.6 is 0 Å². The maximum atomic E-state index is 12.6. The van der Waals surface area contributed by atoms with Crippen molar-refractivity contribution in [1.29, 1.82) is 0 Å². The molecule has 2 aromatic rings. The average Bonchev–Trinajstić information content (AvgIpc) is 2.54. The molecule has 0 radical (unpaired) electrons. The number of carbonyl (C=O) groups excluding carboxylic acids is 1. The highest BCUT2D eigenvalue weighted by atomic mass is 16.1. The molecule has 2 aliphatic rings. The lowest BCUT2D eigenvalue weighted by molar-refractivity contribution is -0.116. The summed E-state index contributed by atoms with van der Waals surface area (Å²) in [4.78, 5) is 12.6. The quantitative estimate of drug-likeness (QED) is 0.834. The smallest absolute Gasteiger partial charge is 0.161 e. The van der Waals surface area contributed by atoms with Gasteiger partial charge >= 0.3 is 0 Å². The van der Waals surface area contributed by atoms with Crippen molar-refractivity contribution in [3.63, 3.8) is 0 Å². The predicted molar refractivity (Wildman–Crippen MR) is 89.0 cm³/mol. The number of fused-ring (bicyclic) bond motifs is 1. The van der Waals surface area contributed by atoms with Gasteiger partial charge in [0, 0.05) is 29.3 Å². The molecule has 2 nitrogen and oxygen atoms in total. The SMILES string of the molecule is Cc1ccc(C2C3=C(CCCC3=O)Nc3ccccc32)cc1. The number of aryl methyl sites for hydroxylation is 1. The van der Waals surface area contributed by atoms with E-state index in [0.29, 0.717) is 12.2 Å². The number of rotatable bonds is 1. The molecule has 1 unspecified atom stereocenters. The summed E-state index contributed by atoms with van der Waals surface area (Å²) in [5.74, 6) is 0.370. The maximum absolute atomic E-state index is 12.6. The molecule has 0 bridgehead atoms. The number of anilines is 1. The van der Waals surface area contributed by atoms with Gasteiger partial charge in [-0.3, -0.25) is 4.79 Å². The topological polar surface area (TPSA) is 29.1 Å². The Morgan fingerprint density at radius 3 is 2.59 bits per heavy atom. The third-order valence-corrected chi connectivity index (χ3v) is 4.71. The first kappa shape index (κ1) is 13.3. The van der Waals surface area contributed by atoms with E-state index in [9.17, 15) is 4.79 Å². The van der Waals surface area contributed by atoms with E-state index in [1.165, 1.54) is 16.7 Å². The molecule has 1 heterocycles. The third kappa shape index (κ3) is 2.07. The van der Waals surface area contributed by atoms with Gasteiger partial charge in [0.05, 0.1) is 0 Å². The van der Waals surface area contributed by atoms with Crippen LogP contribution in [0.5, 0.6) is 0 Å². The van der Waals surface area contributed by atoms with Gasteiger partial charge in [0.15, 0.2) is 5.78 Å². The summed E-state index contributed by atoms with van der Waals surface area (Å²) < 4.78 is 0. The molecule has 1 N–H and O–H groups in total. The Bertz CT molecular complexity index is 771. The molecule has 0 saturated carbocycles. The highest BCUT2D eigenvalue weighted by Gasteiger charge is 2.34. The summed E-state index contributed by atoms with van der Waals surface area (Å²) in [5, 5.41) is 3.50. The number of hydrogen-bond acceptors (Lipinski definition) is 2. The molecule has 1 aliphatic carbocycles. The van der Waals surface area contributed by atoms with E-state index < -0.39 is 0 Å². The molecule has 0 fully saturated rings. The Balaban J connectivity index is 1.93. The van der Waals surface area contributed by atoms with Crippen LogP contribution < -0.4 is 5.32 Å². The minimum atomic E-state index is 0.0702. The van der Waals surface area contributed by atoms with Crippen LogP contribution in [-0.2, 0) is 4.79 Å². The fraction of sp³-hybridized carbons (Fsp3) is 0.250. The first-order chi connectivity index (χ1) is 10.7. The van der Waals surface area contributed by atoms with Crippen molar-refractivity contribution in [3.8, 4) is 0 Å². The number of para-hydroxylation sites is 1. The molecular formula is C20H19NO. The summed E-state index contributed by atoms with van der Waals surface area (Å²) in [6.45, 7) is 2.09.